The predicted octanol–water partition coefficient (Wildman–Crippen LogP) is 3.14. The van der Waals surface area contributed by atoms with E-state index >= 15 is 0 Å². The van der Waals surface area contributed by atoms with Gasteiger partial charge in [-0.2, -0.15) is 0 Å². The van der Waals surface area contributed by atoms with E-state index in [0.717, 1.165) is 6.08 Å². The third-order valence-electron chi connectivity index (χ3n) is 3.16. The van der Waals surface area contributed by atoms with Crippen molar-refractivity contribution in [1.82, 2.24) is 0 Å². The van der Waals surface area contributed by atoms with Crippen molar-refractivity contribution in [2.24, 2.45) is 0 Å². The molecular formula is C16H14O5. The molecule has 108 valence electrons. The summed E-state index contributed by atoms with van der Waals surface area (Å²) in [6.45, 7) is 3.71. The molecule has 0 spiro atoms. The second-order valence-corrected chi connectivity index (χ2v) is 4.63. The summed E-state index contributed by atoms with van der Waals surface area (Å²) in [5, 5.41) is 38.9. The van der Waals surface area contributed by atoms with Gasteiger partial charge in [0, 0.05) is 29.7 Å². The first-order valence-electron chi connectivity index (χ1n) is 6.22. The molecule has 0 saturated carbocycles. The largest absolute Gasteiger partial charge is 0.507 e. The number of aliphatic hydroxyl groups excluding tert-OH is 4. The first-order chi connectivity index (χ1) is 9.90. The fourth-order valence-electron chi connectivity index (χ4n) is 1.97. The summed E-state index contributed by atoms with van der Waals surface area (Å²) in [6.07, 6.45) is 5.27. The summed E-state index contributed by atoms with van der Waals surface area (Å²) in [5.74, 6) is -1.51. The number of ketones is 1. The standard InChI is InChI=1S/C16H14O5/c1-9(10-3-2-4-13(18)15(20)7-10)16(21)12-6-5-11(17)8-14(12)19/h3-4,7-8,18-21H,1,5-6H2. The van der Waals surface area contributed by atoms with Crippen LogP contribution in [0.25, 0.3) is 0 Å². The maximum absolute atomic E-state index is 11.2. The SMILES string of the molecule is C=C(C1=CC(O)=C(O)C=C=C1)C(O)=C1CCC(=O)C=C1O. The number of carbonyl (C=O) groups is 1. The second-order valence-electron chi connectivity index (χ2n) is 4.63. The van der Waals surface area contributed by atoms with Crippen LogP contribution in [0.15, 0.2) is 76.4 Å². The van der Waals surface area contributed by atoms with Gasteiger partial charge in [0.05, 0.1) is 0 Å². The van der Waals surface area contributed by atoms with Crippen LogP contribution in [0.1, 0.15) is 12.8 Å². The average Bonchev–Trinajstić information content (AvgIpc) is 2.60. The molecule has 2 rings (SSSR count). The fraction of sp³-hybridized carbons (Fsp3) is 0.125. The molecule has 21 heavy (non-hydrogen) atoms. The van der Waals surface area contributed by atoms with Crippen molar-refractivity contribution in [3.05, 3.63) is 76.4 Å². The third kappa shape index (κ3) is 2.99. The topological polar surface area (TPSA) is 98.0 Å². The zero-order chi connectivity index (χ0) is 15.6. The monoisotopic (exact) mass is 286 g/mol. The Morgan fingerprint density at radius 3 is 2.48 bits per heavy atom. The van der Waals surface area contributed by atoms with Gasteiger partial charge in [-0.3, -0.25) is 4.79 Å². The van der Waals surface area contributed by atoms with E-state index in [0.29, 0.717) is 5.57 Å². The first kappa shape index (κ1) is 14.5. The molecule has 5 heteroatoms. The minimum absolute atomic E-state index is 0.140. The van der Waals surface area contributed by atoms with Gasteiger partial charge < -0.3 is 20.4 Å². The molecule has 0 bridgehead atoms. The van der Waals surface area contributed by atoms with Gasteiger partial charge in [-0.25, -0.2) is 0 Å². The van der Waals surface area contributed by atoms with Gasteiger partial charge >= 0.3 is 0 Å². The van der Waals surface area contributed by atoms with Crippen LogP contribution in [0.5, 0.6) is 0 Å². The Balaban J connectivity index is 2.42. The summed E-state index contributed by atoms with van der Waals surface area (Å²) < 4.78 is 0. The Labute approximate surface area is 121 Å². The zero-order valence-electron chi connectivity index (χ0n) is 11.1. The summed E-state index contributed by atoms with van der Waals surface area (Å²) in [7, 11) is 0. The van der Waals surface area contributed by atoms with Crippen LogP contribution in [-0.4, -0.2) is 26.2 Å². The van der Waals surface area contributed by atoms with Gasteiger partial charge in [-0.15, -0.1) is 5.73 Å². The molecule has 0 radical (unpaired) electrons. The number of rotatable bonds is 2. The van der Waals surface area contributed by atoms with Gasteiger partial charge in [-0.05, 0) is 24.1 Å². The molecular weight excluding hydrogens is 272 g/mol. The molecule has 0 saturated heterocycles. The van der Waals surface area contributed by atoms with E-state index in [4.69, 9.17) is 0 Å². The van der Waals surface area contributed by atoms with Crippen molar-refractivity contribution in [1.29, 1.82) is 0 Å². The van der Waals surface area contributed by atoms with E-state index in [1.807, 2.05) is 0 Å². The lowest BCUT2D eigenvalue weighted by Gasteiger charge is -2.15. The molecule has 4 N–H and O–H groups in total. The van der Waals surface area contributed by atoms with Gasteiger partial charge in [0.1, 0.15) is 11.5 Å². The minimum Gasteiger partial charge on any atom is -0.507 e. The van der Waals surface area contributed by atoms with Gasteiger partial charge in [-0.1, -0.05) is 6.58 Å². The Hall–Kier alpha value is -2.91. The number of carbonyl (C=O) groups excluding carboxylic acids is 1. The molecule has 0 aliphatic heterocycles. The van der Waals surface area contributed by atoms with Crippen molar-refractivity contribution < 1.29 is 25.2 Å². The highest BCUT2D eigenvalue weighted by atomic mass is 16.3. The summed E-state index contributed by atoms with van der Waals surface area (Å²) >= 11 is 0. The molecule has 2 aliphatic rings. The molecule has 0 heterocycles. The maximum atomic E-state index is 11.2. The van der Waals surface area contributed by atoms with Crippen LogP contribution in [0.4, 0.5) is 0 Å². The van der Waals surface area contributed by atoms with Gasteiger partial charge in [0.2, 0.25) is 0 Å². The van der Waals surface area contributed by atoms with Gasteiger partial charge in [0.25, 0.3) is 0 Å². The normalized spacial score (nSPS) is 20.9. The van der Waals surface area contributed by atoms with Crippen LogP contribution in [0, 0.1) is 0 Å². The highest BCUT2D eigenvalue weighted by Gasteiger charge is 2.21. The fourth-order valence-corrected chi connectivity index (χ4v) is 1.97. The minimum atomic E-state index is -0.385. The maximum Gasteiger partial charge on any atom is 0.165 e. The Morgan fingerprint density at radius 1 is 1.10 bits per heavy atom. The number of hydrogen-bond donors (Lipinski definition) is 4. The van der Waals surface area contributed by atoms with Crippen molar-refractivity contribution in [3.63, 3.8) is 0 Å². The van der Waals surface area contributed by atoms with Crippen LogP contribution in [0.2, 0.25) is 0 Å². The third-order valence-corrected chi connectivity index (χ3v) is 3.16. The van der Waals surface area contributed by atoms with Crippen LogP contribution in [-0.2, 0) is 4.79 Å². The summed E-state index contributed by atoms with van der Waals surface area (Å²) in [6, 6.07) is 0. The molecule has 0 aromatic rings. The smallest absolute Gasteiger partial charge is 0.165 e. The van der Waals surface area contributed by atoms with E-state index < -0.39 is 0 Å². The van der Waals surface area contributed by atoms with E-state index in [2.05, 4.69) is 12.3 Å². The van der Waals surface area contributed by atoms with Gasteiger partial charge in [0.15, 0.2) is 17.3 Å². The van der Waals surface area contributed by atoms with Crippen LogP contribution >= 0.6 is 0 Å². The molecule has 0 atom stereocenters. The molecule has 0 aromatic heterocycles. The van der Waals surface area contributed by atoms with Crippen LogP contribution < -0.4 is 0 Å². The molecule has 0 amide bonds. The van der Waals surface area contributed by atoms with Crippen molar-refractivity contribution >= 4 is 5.78 Å². The molecule has 0 fully saturated rings. The number of aliphatic hydroxyl groups is 4. The second kappa shape index (κ2) is 5.61. The van der Waals surface area contributed by atoms with E-state index in [9.17, 15) is 25.2 Å². The number of allylic oxidation sites excluding steroid dienone is 5. The lowest BCUT2D eigenvalue weighted by molar-refractivity contribution is -0.115. The Kier molecular flexibility index (Phi) is 3.87. The van der Waals surface area contributed by atoms with Crippen molar-refractivity contribution in [2.75, 3.05) is 0 Å². The summed E-state index contributed by atoms with van der Waals surface area (Å²) in [4.78, 5) is 11.2. The zero-order valence-corrected chi connectivity index (χ0v) is 11.1. The van der Waals surface area contributed by atoms with Crippen molar-refractivity contribution in [3.8, 4) is 0 Å². The summed E-state index contributed by atoms with van der Waals surface area (Å²) in [5.41, 5.74) is 3.30. The average molecular weight is 286 g/mol. The number of hydrogen-bond acceptors (Lipinski definition) is 5. The quantitative estimate of drug-likeness (QED) is 0.462. The van der Waals surface area contributed by atoms with E-state index in [-0.39, 0.29) is 52.8 Å². The van der Waals surface area contributed by atoms with E-state index in [1.54, 1.807) is 0 Å². The predicted molar refractivity (Wildman–Crippen MR) is 76.8 cm³/mol. The first-order valence-corrected chi connectivity index (χ1v) is 6.22. The Morgan fingerprint density at radius 2 is 1.81 bits per heavy atom. The highest BCUT2D eigenvalue weighted by molar-refractivity contribution is 5.92. The van der Waals surface area contributed by atoms with E-state index in [1.165, 1.54) is 18.2 Å². The Bertz CT molecular complexity index is 707. The highest BCUT2D eigenvalue weighted by Crippen LogP contribution is 2.29. The van der Waals surface area contributed by atoms with Crippen molar-refractivity contribution in [2.45, 2.75) is 12.8 Å². The lowest BCUT2D eigenvalue weighted by atomic mass is 9.93. The lowest BCUT2D eigenvalue weighted by Crippen LogP contribution is -2.09. The molecule has 2 aliphatic carbocycles. The molecule has 0 aromatic carbocycles. The van der Waals surface area contributed by atoms with Crippen LogP contribution in [0.3, 0.4) is 0 Å². The molecule has 0 unspecified atom stereocenters. The molecule has 5 nitrogen and oxygen atoms in total.